The molecule has 0 unspecified atom stereocenters. The van der Waals surface area contributed by atoms with Crippen molar-refractivity contribution >= 4 is 16.7 Å². The molecule has 0 radical (unpaired) electrons. The largest absolute Gasteiger partial charge is 0.392 e. The van der Waals surface area contributed by atoms with E-state index in [1.54, 1.807) is 0 Å². The number of nitrogens with zero attached hydrogens (tertiary/aromatic N) is 4. The first-order valence-corrected chi connectivity index (χ1v) is 7.41. The highest BCUT2D eigenvalue weighted by atomic mass is 16.5. The Balaban J connectivity index is 1.89. The molecular formula is C16H15N5O2. The minimum atomic E-state index is -0.0185. The Hall–Kier alpha value is -2.64. The Morgan fingerprint density at radius 2 is 2.17 bits per heavy atom. The van der Waals surface area contributed by atoms with Crippen molar-refractivity contribution in [3.05, 3.63) is 41.6 Å². The number of nitrogens with one attached hydrogen (secondary N) is 1. The maximum absolute atomic E-state index is 9.31. The minimum Gasteiger partial charge on any atom is -0.392 e. The lowest BCUT2D eigenvalue weighted by atomic mass is 10.1. The van der Waals surface area contributed by atoms with E-state index >= 15 is 0 Å². The fourth-order valence-corrected chi connectivity index (χ4v) is 2.65. The molecule has 3 aromatic rings. The fourth-order valence-electron chi connectivity index (χ4n) is 2.65. The molecule has 3 heterocycles. The molecule has 0 saturated heterocycles. The van der Waals surface area contributed by atoms with E-state index in [9.17, 15) is 5.11 Å². The van der Waals surface area contributed by atoms with Gasteiger partial charge in [0.25, 0.3) is 0 Å². The van der Waals surface area contributed by atoms with Crippen LogP contribution >= 0.6 is 0 Å². The fraction of sp³-hybridized carbons (Fsp3) is 0.250. The number of hydrogen-bond donors (Lipinski definition) is 2. The number of aliphatic hydroxyl groups is 1. The smallest absolute Gasteiger partial charge is 0.205 e. The normalized spacial score (nSPS) is 14.9. The SMILES string of the molecule is OCc1cccc(-c2nc(C3=CCOCC3)c3n[nH]nc3n2)c1. The molecule has 4 rings (SSSR count). The summed E-state index contributed by atoms with van der Waals surface area (Å²) in [6, 6.07) is 7.54. The number of H-pyrrole nitrogens is 1. The van der Waals surface area contributed by atoms with Gasteiger partial charge in [0.15, 0.2) is 11.3 Å². The molecule has 1 aromatic carbocycles. The van der Waals surface area contributed by atoms with E-state index in [0.29, 0.717) is 30.2 Å². The van der Waals surface area contributed by atoms with Crippen molar-refractivity contribution in [3.63, 3.8) is 0 Å². The monoisotopic (exact) mass is 309 g/mol. The topological polar surface area (TPSA) is 96.8 Å². The number of hydrogen-bond acceptors (Lipinski definition) is 6. The summed E-state index contributed by atoms with van der Waals surface area (Å²) < 4.78 is 5.37. The molecule has 0 fully saturated rings. The van der Waals surface area contributed by atoms with E-state index in [2.05, 4.69) is 20.4 Å². The second-order valence-corrected chi connectivity index (χ2v) is 5.30. The first-order valence-electron chi connectivity index (χ1n) is 7.41. The second kappa shape index (κ2) is 5.86. The molecule has 0 amide bonds. The van der Waals surface area contributed by atoms with Crippen LogP contribution in [0, 0.1) is 0 Å². The molecule has 0 atom stereocenters. The predicted molar refractivity (Wildman–Crippen MR) is 84.3 cm³/mol. The first kappa shape index (κ1) is 14.0. The van der Waals surface area contributed by atoms with Crippen LogP contribution in [0.1, 0.15) is 17.7 Å². The van der Waals surface area contributed by atoms with Crippen LogP contribution in [-0.4, -0.2) is 43.7 Å². The van der Waals surface area contributed by atoms with E-state index < -0.39 is 0 Å². The van der Waals surface area contributed by atoms with E-state index in [-0.39, 0.29) is 6.61 Å². The summed E-state index contributed by atoms with van der Waals surface area (Å²) in [7, 11) is 0. The van der Waals surface area contributed by atoms with Gasteiger partial charge >= 0.3 is 0 Å². The molecule has 0 spiro atoms. The minimum absolute atomic E-state index is 0.0185. The number of aromatic nitrogens is 5. The Labute approximate surface area is 132 Å². The van der Waals surface area contributed by atoms with E-state index in [1.807, 2.05) is 30.3 Å². The average Bonchev–Trinajstić information content (AvgIpc) is 3.10. The molecule has 1 aliphatic heterocycles. The van der Waals surface area contributed by atoms with Crippen LogP contribution in [0.4, 0.5) is 0 Å². The van der Waals surface area contributed by atoms with Crippen LogP contribution in [-0.2, 0) is 11.3 Å². The van der Waals surface area contributed by atoms with Crippen molar-refractivity contribution < 1.29 is 9.84 Å². The van der Waals surface area contributed by atoms with Crippen LogP contribution in [0.3, 0.4) is 0 Å². The molecule has 0 aliphatic carbocycles. The zero-order valence-electron chi connectivity index (χ0n) is 12.4. The maximum atomic E-state index is 9.31. The van der Waals surface area contributed by atoms with Gasteiger partial charge in [-0.2, -0.15) is 10.3 Å². The summed E-state index contributed by atoms with van der Waals surface area (Å²) in [6.07, 6.45) is 2.81. The predicted octanol–water partition coefficient (Wildman–Crippen LogP) is 1.71. The van der Waals surface area contributed by atoms with Gasteiger partial charge in [-0.25, -0.2) is 9.97 Å². The average molecular weight is 309 g/mol. The van der Waals surface area contributed by atoms with Crippen LogP contribution in [0.5, 0.6) is 0 Å². The molecule has 116 valence electrons. The van der Waals surface area contributed by atoms with Gasteiger partial charge in [0.2, 0.25) is 5.65 Å². The Morgan fingerprint density at radius 1 is 1.22 bits per heavy atom. The summed E-state index contributed by atoms with van der Waals surface area (Å²) in [5.74, 6) is 0.573. The molecule has 2 aromatic heterocycles. The summed E-state index contributed by atoms with van der Waals surface area (Å²) >= 11 is 0. The lowest BCUT2D eigenvalue weighted by Gasteiger charge is -2.13. The molecule has 2 N–H and O–H groups in total. The third-order valence-corrected chi connectivity index (χ3v) is 3.82. The first-order chi connectivity index (χ1) is 11.3. The van der Waals surface area contributed by atoms with Gasteiger partial charge in [-0.15, -0.1) is 5.10 Å². The number of fused-ring (bicyclic) bond motifs is 1. The zero-order chi connectivity index (χ0) is 15.6. The van der Waals surface area contributed by atoms with Crippen molar-refractivity contribution in [2.45, 2.75) is 13.0 Å². The molecule has 0 saturated carbocycles. The Bertz CT molecular complexity index is 887. The van der Waals surface area contributed by atoms with Gasteiger partial charge in [-0.3, -0.25) is 0 Å². The Kier molecular flexibility index (Phi) is 3.57. The standard InChI is InChI=1S/C16H15N5O2/c22-9-10-2-1-3-12(8-10)15-17-13(11-4-6-23-7-5-11)14-16(18-15)20-21-19-14/h1-4,8,22H,5-7,9H2,(H,17,18,19,20,21). The summed E-state index contributed by atoms with van der Waals surface area (Å²) in [4.78, 5) is 9.18. The van der Waals surface area contributed by atoms with Gasteiger partial charge in [0.1, 0.15) is 5.69 Å². The third kappa shape index (κ3) is 2.60. The Morgan fingerprint density at radius 3 is 3.00 bits per heavy atom. The van der Waals surface area contributed by atoms with Gasteiger partial charge < -0.3 is 9.84 Å². The number of ether oxygens (including phenoxy) is 1. The van der Waals surface area contributed by atoms with Crippen LogP contribution in [0.2, 0.25) is 0 Å². The molecule has 0 bridgehead atoms. The number of aromatic amines is 1. The van der Waals surface area contributed by atoms with Crippen molar-refractivity contribution in [1.82, 2.24) is 25.4 Å². The van der Waals surface area contributed by atoms with Crippen molar-refractivity contribution in [3.8, 4) is 11.4 Å². The van der Waals surface area contributed by atoms with Gasteiger partial charge in [0.05, 0.1) is 19.8 Å². The molecule has 1 aliphatic rings. The number of aliphatic hydroxyl groups excluding tert-OH is 1. The van der Waals surface area contributed by atoms with E-state index in [1.165, 1.54) is 0 Å². The third-order valence-electron chi connectivity index (χ3n) is 3.82. The molecular weight excluding hydrogens is 294 g/mol. The lowest BCUT2D eigenvalue weighted by molar-refractivity contribution is 0.161. The molecule has 7 heteroatoms. The van der Waals surface area contributed by atoms with Gasteiger partial charge in [0, 0.05) is 5.56 Å². The van der Waals surface area contributed by atoms with Crippen molar-refractivity contribution in [2.75, 3.05) is 13.2 Å². The van der Waals surface area contributed by atoms with Crippen LogP contribution < -0.4 is 0 Å². The van der Waals surface area contributed by atoms with Crippen LogP contribution in [0.25, 0.3) is 28.1 Å². The van der Waals surface area contributed by atoms with Gasteiger partial charge in [-0.05, 0) is 23.6 Å². The van der Waals surface area contributed by atoms with E-state index in [4.69, 9.17) is 9.72 Å². The van der Waals surface area contributed by atoms with Crippen LogP contribution in [0.15, 0.2) is 30.3 Å². The molecule has 7 nitrogen and oxygen atoms in total. The highest BCUT2D eigenvalue weighted by Crippen LogP contribution is 2.27. The maximum Gasteiger partial charge on any atom is 0.205 e. The quantitative estimate of drug-likeness (QED) is 0.764. The van der Waals surface area contributed by atoms with E-state index in [0.717, 1.165) is 28.8 Å². The number of benzene rings is 1. The lowest BCUT2D eigenvalue weighted by Crippen LogP contribution is -2.06. The highest BCUT2D eigenvalue weighted by molar-refractivity contribution is 5.86. The highest BCUT2D eigenvalue weighted by Gasteiger charge is 2.17. The van der Waals surface area contributed by atoms with Gasteiger partial charge in [-0.1, -0.05) is 24.3 Å². The summed E-state index contributed by atoms with van der Waals surface area (Å²) in [6.45, 7) is 1.23. The molecule has 23 heavy (non-hydrogen) atoms. The summed E-state index contributed by atoms with van der Waals surface area (Å²) in [5.41, 5.74) is 4.74. The van der Waals surface area contributed by atoms with Crippen molar-refractivity contribution in [1.29, 1.82) is 0 Å². The summed E-state index contributed by atoms with van der Waals surface area (Å²) in [5, 5.41) is 20.2. The zero-order valence-corrected chi connectivity index (χ0v) is 12.4. The van der Waals surface area contributed by atoms with Crippen molar-refractivity contribution in [2.24, 2.45) is 0 Å². The second-order valence-electron chi connectivity index (χ2n) is 5.30. The number of rotatable bonds is 3.